The zero-order valence-electron chi connectivity index (χ0n) is 11.8. The van der Waals surface area contributed by atoms with E-state index in [-0.39, 0.29) is 11.8 Å². The molecule has 0 aromatic heterocycles. The number of carbonyl (C=O) groups is 1. The van der Waals surface area contributed by atoms with Crippen molar-refractivity contribution in [2.45, 2.75) is 37.2 Å². The number of methoxy groups -OCH3 is 1. The lowest BCUT2D eigenvalue weighted by Crippen LogP contribution is -2.48. The van der Waals surface area contributed by atoms with Gasteiger partial charge in [0.15, 0.2) is 0 Å². The van der Waals surface area contributed by atoms with Gasteiger partial charge < -0.3 is 15.2 Å². The van der Waals surface area contributed by atoms with Gasteiger partial charge in [0.25, 0.3) is 0 Å². The summed E-state index contributed by atoms with van der Waals surface area (Å²) in [5.41, 5.74) is 0.516. The van der Waals surface area contributed by atoms with Crippen molar-refractivity contribution in [1.29, 1.82) is 0 Å². The molecular formula is C16H21NO3. The fourth-order valence-corrected chi connectivity index (χ4v) is 2.87. The van der Waals surface area contributed by atoms with Crippen molar-refractivity contribution in [3.05, 3.63) is 29.8 Å². The van der Waals surface area contributed by atoms with Gasteiger partial charge in [-0.3, -0.25) is 4.79 Å². The Morgan fingerprint density at radius 3 is 2.95 bits per heavy atom. The Balaban J connectivity index is 1.53. The van der Waals surface area contributed by atoms with Crippen LogP contribution in [-0.2, 0) is 4.79 Å². The first-order chi connectivity index (χ1) is 9.61. The van der Waals surface area contributed by atoms with Crippen LogP contribution in [-0.4, -0.2) is 30.3 Å². The molecule has 2 atom stereocenters. The topological polar surface area (TPSA) is 58.6 Å². The molecule has 0 heterocycles. The summed E-state index contributed by atoms with van der Waals surface area (Å²) in [6.07, 6.45) is 3.55. The number of ether oxygens (including phenoxy) is 1. The van der Waals surface area contributed by atoms with Crippen molar-refractivity contribution in [2.24, 2.45) is 5.92 Å². The monoisotopic (exact) mass is 275 g/mol. The Kier molecular flexibility index (Phi) is 3.42. The van der Waals surface area contributed by atoms with Crippen LogP contribution in [0.25, 0.3) is 0 Å². The van der Waals surface area contributed by atoms with Crippen molar-refractivity contribution in [3.8, 4) is 5.75 Å². The highest BCUT2D eigenvalue weighted by molar-refractivity contribution is 5.83. The summed E-state index contributed by atoms with van der Waals surface area (Å²) >= 11 is 0. The number of benzene rings is 1. The lowest BCUT2D eigenvalue weighted by atomic mass is 9.80. The molecule has 1 aromatic rings. The van der Waals surface area contributed by atoms with E-state index in [9.17, 15) is 9.90 Å². The molecule has 2 N–H and O–H groups in total. The molecule has 0 radical (unpaired) electrons. The van der Waals surface area contributed by atoms with Gasteiger partial charge in [0.1, 0.15) is 5.75 Å². The van der Waals surface area contributed by atoms with Crippen LogP contribution >= 0.6 is 0 Å². The van der Waals surface area contributed by atoms with E-state index < -0.39 is 5.60 Å². The van der Waals surface area contributed by atoms with Crippen LogP contribution in [0, 0.1) is 5.92 Å². The van der Waals surface area contributed by atoms with Crippen LogP contribution in [0.3, 0.4) is 0 Å². The van der Waals surface area contributed by atoms with Gasteiger partial charge in [0.05, 0.1) is 12.7 Å². The second kappa shape index (κ2) is 5.09. The molecule has 4 nitrogen and oxygen atoms in total. The summed E-state index contributed by atoms with van der Waals surface area (Å²) in [5.74, 6) is 1.24. The molecule has 0 bridgehead atoms. The SMILES string of the molecule is COc1cccc(C2CC2C(=O)NCC2(O)CCC2)c1. The average molecular weight is 275 g/mol. The Bertz CT molecular complexity index is 510. The molecule has 4 heteroatoms. The zero-order chi connectivity index (χ0) is 14.2. The quantitative estimate of drug-likeness (QED) is 0.862. The molecular weight excluding hydrogens is 254 g/mol. The van der Waals surface area contributed by atoms with E-state index in [1.165, 1.54) is 0 Å². The highest BCUT2D eigenvalue weighted by Gasteiger charge is 2.45. The van der Waals surface area contributed by atoms with Gasteiger partial charge in [-0.25, -0.2) is 0 Å². The molecule has 0 aliphatic heterocycles. The number of hydrogen-bond acceptors (Lipinski definition) is 3. The fourth-order valence-electron chi connectivity index (χ4n) is 2.87. The number of aliphatic hydroxyl groups is 1. The Morgan fingerprint density at radius 2 is 2.30 bits per heavy atom. The normalized spacial score (nSPS) is 26.5. The minimum atomic E-state index is -0.643. The molecule has 3 rings (SSSR count). The highest BCUT2D eigenvalue weighted by atomic mass is 16.5. The molecule has 1 amide bonds. The van der Waals surface area contributed by atoms with Crippen molar-refractivity contribution < 1.29 is 14.6 Å². The number of amides is 1. The van der Waals surface area contributed by atoms with Crippen molar-refractivity contribution in [2.75, 3.05) is 13.7 Å². The maximum atomic E-state index is 12.1. The highest BCUT2D eigenvalue weighted by Crippen LogP contribution is 2.48. The smallest absolute Gasteiger partial charge is 0.223 e. The maximum absolute atomic E-state index is 12.1. The van der Waals surface area contributed by atoms with Crippen LogP contribution in [0.2, 0.25) is 0 Å². The maximum Gasteiger partial charge on any atom is 0.223 e. The molecule has 2 aliphatic rings. The van der Waals surface area contributed by atoms with Gasteiger partial charge in [0, 0.05) is 12.5 Å². The molecule has 0 spiro atoms. The van der Waals surface area contributed by atoms with Gasteiger partial charge in [-0.2, -0.15) is 0 Å². The van der Waals surface area contributed by atoms with Crippen LogP contribution in [0.1, 0.15) is 37.2 Å². The van der Waals surface area contributed by atoms with E-state index in [2.05, 4.69) is 5.32 Å². The standard InChI is InChI=1S/C16H21NO3/c1-20-12-5-2-4-11(8-12)13-9-14(13)15(18)17-10-16(19)6-3-7-16/h2,4-5,8,13-14,19H,3,6-7,9-10H2,1H3,(H,17,18). The van der Waals surface area contributed by atoms with Gasteiger partial charge in [0.2, 0.25) is 5.91 Å². The lowest BCUT2D eigenvalue weighted by molar-refractivity contribution is -0.124. The van der Waals surface area contributed by atoms with Crippen molar-refractivity contribution in [3.63, 3.8) is 0 Å². The van der Waals surface area contributed by atoms with Crippen LogP contribution < -0.4 is 10.1 Å². The summed E-state index contributed by atoms with van der Waals surface area (Å²) in [6.45, 7) is 0.396. The predicted molar refractivity (Wildman–Crippen MR) is 75.7 cm³/mol. The number of nitrogens with one attached hydrogen (secondary N) is 1. The third-order valence-electron chi connectivity index (χ3n) is 4.53. The van der Waals surface area contributed by atoms with E-state index in [4.69, 9.17) is 4.74 Å². The molecule has 2 fully saturated rings. The van der Waals surface area contributed by atoms with Crippen LogP contribution in [0.5, 0.6) is 5.75 Å². The lowest BCUT2D eigenvalue weighted by Gasteiger charge is -2.36. The Hall–Kier alpha value is -1.55. The Morgan fingerprint density at radius 1 is 1.50 bits per heavy atom. The van der Waals surface area contributed by atoms with Crippen LogP contribution in [0.4, 0.5) is 0 Å². The number of carbonyl (C=O) groups excluding carboxylic acids is 1. The summed E-state index contributed by atoms with van der Waals surface area (Å²) in [6, 6.07) is 7.91. The molecule has 2 unspecified atom stereocenters. The first-order valence-corrected chi connectivity index (χ1v) is 7.25. The van der Waals surface area contributed by atoms with Gasteiger partial charge in [-0.15, -0.1) is 0 Å². The third kappa shape index (κ3) is 2.66. The first-order valence-electron chi connectivity index (χ1n) is 7.25. The zero-order valence-corrected chi connectivity index (χ0v) is 11.8. The summed E-state index contributed by atoms with van der Waals surface area (Å²) in [4.78, 5) is 12.1. The predicted octanol–water partition coefficient (Wildman–Crippen LogP) is 1.83. The molecule has 108 valence electrons. The van der Waals surface area contributed by atoms with Gasteiger partial charge >= 0.3 is 0 Å². The van der Waals surface area contributed by atoms with Gasteiger partial charge in [-0.1, -0.05) is 12.1 Å². The molecule has 2 saturated carbocycles. The van der Waals surface area contributed by atoms with E-state index in [1.807, 2.05) is 24.3 Å². The number of hydrogen-bond donors (Lipinski definition) is 2. The molecule has 2 aliphatic carbocycles. The van der Waals surface area contributed by atoms with E-state index >= 15 is 0 Å². The summed E-state index contributed by atoms with van der Waals surface area (Å²) < 4.78 is 5.21. The second-order valence-corrected chi connectivity index (χ2v) is 6.02. The number of rotatable bonds is 5. The third-order valence-corrected chi connectivity index (χ3v) is 4.53. The molecule has 20 heavy (non-hydrogen) atoms. The Labute approximate surface area is 119 Å². The molecule has 1 aromatic carbocycles. The van der Waals surface area contributed by atoms with Gasteiger partial charge in [-0.05, 0) is 49.3 Å². The minimum absolute atomic E-state index is 0.0470. The fraction of sp³-hybridized carbons (Fsp3) is 0.562. The minimum Gasteiger partial charge on any atom is -0.497 e. The van der Waals surface area contributed by atoms with E-state index in [0.29, 0.717) is 12.5 Å². The summed E-state index contributed by atoms with van der Waals surface area (Å²) in [7, 11) is 1.65. The largest absolute Gasteiger partial charge is 0.497 e. The first kappa shape index (κ1) is 13.4. The summed E-state index contributed by atoms with van der Waals surface area (Å²) in [5, 5.41) is 12.9. The van der Waals surface area contributed by atoms with E-state index in [1.54, 1.807) is 7.11 Å². The van der Waals surface area contributed by atoms with Crippen molar-refractivity contribution in [1.82, 2.24) is 5.32 Å². The average Bonchev–Trinajstić information content (AvgIpc) is 3.23. The van der Waals surface area contributed by atoms with E-state index in [0.717, 1.165) is 37.0 Å². The van der Waals surface area contributed by atoms with Crippen molar-refractivity contribution >= 4 is 5.91 Å². The second-order valence-electron chi connectivity index (χ2n) is 6.02. The molecule has 0 saturated heterocycles. The van der Waals surface area contributed by atoms with Crippen LogP contribution in [0.15, 0.2) is 24.3 Å².